The number of halogens is 1. The molecule has 1 heterocycles. The molecule has 18 heavy (non-hydrogen) atoms. The van der Waals surface area contributed by atoms with Crippen LogP contribution in [0.5, 0.6) is 0 Å². The van der Waals surface area contributed by atoms with Crippen LogP contribution < -0.4 is 5.32 Å². The van der Waals surface area contributed by atoms with Crippen molar-refractivity contribution in [1.29, 1.82) is 0 Å². The summed E-state index contributed by atoms with van der Waals surface area (Å²) in [6.45, 7) is 1.57. The van der Waals surface area contributed by atoms with Gasteiger partial charge in [-0.15, -0.1) is 0 Å². The average molecular weight is 272 g/mol. The zero-order valence-corrected chi connectivity index (χ0v) is 10.7. The lowest BCUT2D eigenvalue weighted by atomic mass is 10.3. The highest BCUT2D eigenvalue weighted by molar-refractivity contribution is 7.93. The molecule has 1 aromatic rings. The molecule has 0 radical (unpaired) electrons. The Morgan fingerprint density at radius 1 is 1.56 bits per heavy atom. The van der Waals surface area contributed by atoms with E-state index in [2.05, 4.69) is 10.3 Å². The maximum atomic E-state index is 13.2. The monoisotopic (exact) mass is 272 g/mol. The number of carbonyl (C=O) groups excluding carboxylic acids is 1. The van der Waals surface area contributed by atoms with E-state index >= 15 is 0 Å². The summed E-state index contributed by atoms with van der Waals surface area (Å²) in [5.41, 5.74) is -0.322. The number of sulfone groups is 1. The smallest absolute Gasteiger partial charge is 0.273 e. The molecule has 5 nitrogen and oxygen atoms in total. The van der Waals surface area contributed by atoms with Gasteiger partial charge in [0.1, 0.15) is 0 Å². The van der Waals surface area contributed by atoms with Gasteiger partial charge in [0.25, 0.3) is 5.91 Å². The van der Waals surface area contributed by atoms with E-state index in [-0.39, 0.29) is 5.69 Å². The van der Waals surface area contributed by atoms with Gasteiger partial charge in [-0.1, -0.05) is 6.08 Å². The Hall–Kier alpha value is -1.76. The highest BCUT2D eigenvalue weighted by atomic mass is 32.2. The van der Waals surface area contributed by atoms with Crippen molar-refractivity contribution in [2.24, 2.45) is 0 Å². The summed E-state index contributed by atoms with van der Waals surface area (Å²) >= 11 is 0. The van der Waals surface area contributed by atoms with Crippen LogP contribution in [0.15, 0.2) is 29.8 Å². The Labute approximate surface area is 105 Å². The standard InChI is InChI=1S/C11H13FN2O3S/c1-8(5-7-18(2,16)17)14-11(15)10-9(12)4-3-6-13-10/h3-8H,1-2H3,(H,14,15)/b7-5+/t8-/m1/s1. The highest BCUT2D eigenvalue weighted by Crippen LogP contribution is 2.03. The van der Waals surface area contributed by atoms with Crippen LogP contribution in [0.25, 0.3) is 0 Å². The summed E-state index contributed by atoms with van der Waals surface area (Å²) in [5, 5.41) is 3.40. The van der Waals surface area contributed by atoms with Crippen LogP contribution in [0, 0.1) is 5.82 Å². The van der Waals surface area contributed by atoms with E-state index in [4.69, 9.17) is 0 Å². The molecule has 0 spiro atoms. The number of hydrogen-bond acceptors (Lipinski definition) is 4. The van der Waals surface area contributed by atoms with Crippen molar-refractivity contribution in [2.45, 2.75) is 13.0 Å². The van der Waals surface area contributed by atoms with Gasteiger partial charge in [0.2, 0.25) is 0 Å². The number of aromatic nitrogens is 1. The SMILES string of the molecule is C[C@H](/C=C/S(C)(=O)=O)NC(=O)c1ncccc1F. The fourth-order valence-corrected chi connectivity index (χ4v) is 1.66. The van der Waals surface area contributed by atoms with E-state index in [1.54, 1.807) is 6.92 Å². The Bertz CT molecular complexity index is 569. The molecule has 7 heteroatoms. The van der Waals surface area contributed by atoms with E-state index in [0.29, 0.717) is 0 Å². The van der Waals surface area contributed by atoms with Crippen molar-refractivity contribution in [2.75, 3.05) is 6.26 Å². The van der Waals surface area contributed by atoms with E-state index in [9.17, 15) is 17.6 Å². The van der Waals surface area contributed by atoms with E-state index in [1.807, 2.05) is 0 Å². The minimum absolute atomic E-state index is 0.322. The molecule has 0 bridgehead atoms. The van der Waals surface area contributed by atoms with Crippen molar-refractivity contribution >= 4 is 15.7 Å². The number of pyridine rings is 1. The lowest BCUT2D eigenvalue weighted by Gasteiger charge is -2.09. The summed E-state index contributed by atoms with van der Waals surface area (Å²) in [6, 6.07) is 1.95. The molecule has 1 rings (SSSR count). The van der Waals surface area contributed by atoms with E-state index in [0.717, 1.165) is 17.7 Å². The summed E-state index contributed by atoms with van der Waals surface area (Å²) in [6.07, 6.45) is 3.64. The second-order valence-electron chi connectivity index (χ2n) is 3.75. The van der Waals surface area contributed by atoms with Crippen molar-refractivity contribution < 1.29 is 17.6 Å². The quantitative estimate of drug-likeness (QED) is 0.883. The van der Waals surface area contributed by atoms with Crippen molar-refractivity contribution in [3.8, 4) is 0 Å². The largest absolute Gasteiger partial charge is 0.345 e. The first-order valence-corrected chi connectivity index (χ1v) is 7.04. The average Bonchev–Trinajstić information content (AvgIpc) is 2.26. The Morgan fingerprint density at radius 2 is 2.22 bits per heavy atom. The molecule has 1 N–H and O–H groups in total. The van der Waals surface area contributed by atoms with Crippen LogP contribution in [0.2, 0.25) is 0 Å². The molecule has 0 aromatic carbocycles. The van der Waals surface area contributed by atoms with Crippen LogP contribution in [-0.4, -0.2) is 31.6 Å². The van der Waals surface area contributed by atoms with Crippen molar-refractivity contribution in [3.63, 3.8) is 0 Å². The summed E-state index contributed by atoms with van der Waals surface area (Å²) in [7, 11) is -3.25. The maximum Gasteiger partial charge on any atom is 0.273 e. The highest BCUT2D eigenvalue weighted by Gasteiger charge is 2.13. The molecular weight excluding hydrogens is 259 g/mol. The second kappa shape index (κ2) is 5.72. The predicted octanol–water partition coefficient (Wildman–Crippen LogP) is 0.897. The van der Waals surface area contributed by atoms with Crippen LogP contribution in [0.3, 0.4) is 0 Å². The summed E-state index contributed by atoms with van der Waals surface area (Å²) in [4.78, 5) is 15.2. The molecule has 1 atom stereocenters. The molecule has 0 saturated carbocycles. The number of carbonyl (C=O) groups is 1. The number of rotatable bonds is 4. The van der Waals surface area contributed by atoms with Crippen molar-refractivity contribution in [1.82, 2.24) is 10.3 Å². The molecular formula is C11H13FN2O3S. The van der Waals surface area contributed by atoms with Gasteiger partial charge < -0.3 is 5.32 Å². The fraction of sp³-hybridized carbons (Fsp3) is 0.273. The van der Waals surface area contributed by atoms with Gasteiger partial charge >= 0.3 is 0 Å². The van der Waals surface area contributed by atoms with E-state index < -0.39 is 27.6 Å². The topological polar surface area (TPSA) is 76.1 Å². The van der Waals surface area contributed by atoms with Gasteiger partial charge in [-0.3, -0.25) is 4.79 Å². The summed E-state index contributed by atoms with van der Waals surface area (Å²) < 4.78 is 35.0. The number of nitrogens with one attached hydrogen (secondary N) is 1. The van der Waals surface area contributed by atoms with Crippen molar-refractivity contribution in [3.05, 3.63) is 41.3 Å². The van der Waals surface area contributed by atoms with E-state index in [1.165, 1.54) is 18.3 Å². The Kier molecular flexibility index (Phi) is 4.55. The lowest BCUT2D eigenvalue weighted by Crippen LogP contribution is -2.32. The van der Waals surface area contributed by atoms with Gasteiger partial charge in [0.05, 0.1) is 0 Å². The summed E-state index contributed by atoms with van der Waals surface area (Å²) in [5.74, 6) is -1.42. The molecule has 0 aliphatic heterocycles. The van der Waals surface area contributed by atoms with Crippen LogP contribution in [0.1, 0.15) is 17.4 Å². The molecule has 98 valence electrons. The zero-order valence-electron chi connectivity index (χ0n) is 9.92. The molecule has 1 amide bonds. The minimum atomic E-state index is -3.25. The zero-order chi connectivity index (χ0) is 13.8. The van der Waals surface area contributed by atoms with Gasteiger partial charge in [-0.2, -0.15) is 0 Å². The third-order valence-electron chi connectivity index (χ3n) is 1.95. The molecule has 0 unspecified atom stereocenters. The lowest BCUT2D eigenvalue weighted by molar-refractivity contribution is 0.0937. The minimum Gasteiger partial charge on any atom is -0.345 e. The molecule has 0 aliphatic rings. The molecule has 0 aliphatic carbocycles. The van der Waals surface area contributed by atoms with Crippen LogP contribution in [0.4, 0.5) is 4.39 Å². The second-order valence-corrected chi connectivity index (χ2v) is 5.69. The molecule has 0 saturated heterocycles. The number of nitrogens with zero attached hydrogens (tertiary/aromatic N) is 1. The van der Waals surface area contributed by atoms with Gasteiger partial charge in [-0.25, -0.2) is 17.8 Å². The first-order chi connectivity index (χ1) is 8.29. The predicted molar refractivity (Wildman–Crippen MR) is 65.1 cm³/mol. The third kappa shape index (κ3) is 4.62. The molecule has 1 aromatic heterocycles. The number of amides is 1. The van der Waals surface area contributed by atoms with Gasteiger partial charge in [0.15, 0.2) is 21.3 Å². The first-order valence-electron chi connectivity index (χ1n) is 5.09. The molecule has 0 fully saturated rings. The van der Waals surface area contributed by atoms with Gasteiger partial charge in [0, 0.05) is 23.9 Å². The normalized spacial score (nSPS) is 13.5. The van der Waals surface area contributed by atoms with Gasteiger partial charge in [-0.05, 0) is 19.1 Å². The third-order valence-corrected chi connectivity index (χ3v) is 2.60. The first kappa shape index (κ1) is 14.3. The Balaban J connectivity index is 2.72. The maximum absolute atomic E-state index is 13.2. The fourth-order valence-electron chi connectivity index (χ4n) is 1.14. The number of hydrogen-bond donors (Lipinski definition) is 1. The van der Waals surface area contributed by atoms with Crippen LogP contribution >= 0.6 is 0 Å². The Morgan fingerprint density at radius 3 is 2.78 bits per heavy atom. The van der Waals surface area contributed by atoms with Crippen LogP contribution in [-0.2, 0) is 9.84 Å².